The van der Waals surface area contributed by atoms with Crippen LogP contribution in [0.25, 0.3) is 0 Å². The summed E-state index contributed by atoms with van der Waals surface area (Å²) in [6.07, 6.45) is 1.61. The summed E-state index contributed by atoms with van der Waals surface area (Å²) in [6, 6.07) is 11.0. The van der Waals surface area contributed by atoms with Crippen LogP contribution in [-0.2, 0) is 6.54 Å². The number of anilines is 1. The summed E-state index contributed by atoms with van der Waals surface area (Å²) >= 11 is 0. The molecule has 1 amide bonds. The van der Waals surface area contributed by atoms with Gasteiger partial charge in [0.25, 0.3) is 5.91 Å². The molecule has 0 saturated carbocycles. The van der Waals surface area contributed by atoms with Crippen molar-refractivity contribution in [3.05, 3.63) is 72.1 Å². The minimum absolute atomic E-state index is 0.111. The van der Waals surface area contributed by atoms with Crippen LogP contribution in [0.3, 0.4) is 0 Å². The predicted molar refractivity (Wildman–Crippen MR) is 84.1 cm³/mol. The monoisotopic (exact) mass is 300 g/mol. The Morgan fingerprint density at radius 2 is 2.09 bits per heavy atom. The highest BCUT2D eigenvalue weighted by Gasteiger charge is 2.09. The number of carbonyl (C=O) groups is 1. The zero-order valence-corrected chi connectivity index (χ0v) is 12.0. The predicted octanol–water partition coefficient (Wildman–Crippen LogP) is 2.90. The maximum Gasteiger partial charge on any atom is 0.251 e. The van der Waals surface area contributed by atoms with E-state index in [2.05, 4.69) is 11.9 Å². The summed E-state index contributed by atoms with van der Waals surface area (Å²) in [5.74, 6) is -0.189. The molecule has 2 aromatic carbocycles. The molecule has 0 saturated heterocycles. The van der Waals surface area contributed by atoms with Crippen molar-refractivity contribution in [1.82, 2.24) is 5.32 Å². The number of hydrogen-bond acceptors (Lipinski definition) is 3. The third-order valence-corrected chi connectivity index (χ3v) is 3.03. The number of nitrogens with two attached hydrogens (primary N) is 1. The van der Waals surface area contributed by atoms with Gasteiger partial charge in [-0.1, -0.05) is 30.9 Å². The van der Waals surface area contributed by atoms with E-state index >= 15 is 0 Å². The topological polar surface area (TPSA) is 64.3 Å². The molecule has 22 heavy (non-hydrogen) atoms. The van der Waals surface area contributed by atoms with Crippen molar-refractivity contribution in [2.24, 2.45) is 0 Å². The molecule has 2 rings (SSSR count). The minimum Gasteiger partial charge on any atom is -0.487 e. The van der Waals surface area contributed by atoms with E-state index in [0.717, 1.165) is 0 Å². The van der Waals surface area contributed by atoms with Crippen LogP contribution in [0.2, 0.25) is 0 Å². The van der Waals surface area contributed by atoms with E-state index in [4.69, 9.17) is 10.5 Å². The number of nitrogens with one attached hydrogen (secondary N) is 1. The van der Waals surface area contributed by atoms with Crippen molar-refractivity contribution in [2.45, 2.75) is 6.54 Å². The number of ether oxygens (including phenoxy) is 1. The number of nitrogen functional groups attached to an aromatic ring is 1. The molecule has 0 fully saturated rings. The first-order valence-corrected chi connectivity index (χ1v) is 6.76. The van der Waals surface area contributed by atoms with Gasteiger partial charge in [-0.3, -0.25) is 4.79 Å². The molecule has 0 aliphatic rings. The van der Waals surface area contributed by atoms with Crippen molar-refractivity contribution in [3.8, 4) is 5.75 Å². The van der Waals surface area contributed by atoms with Gasteiger partial charge in [-0.2, -0.15) is 0 Å². The van der Waals surface area contributed by atoms with Crippen molar-refractivity contribution in [2.75, 3.05) is 12.3 Å². The molecule has 0 radical (unpaired) electrons. The summed E-state index contributed by atoms with van der Waals surface area (Å²) in [6.45, 7) is 4.00. The second kappa shape index (κ2) is 7.26. The summed E-state index contributed by atoms with van der Waals surface area (Å²) in [5, 5.41) is 2.65. The van der Waals surface area contributed by atoms with Gasteiger partial charge in [0.05, 0.1) is 5.69 Å². The van der Waals surface area contributed by atoms with E-state index in [-0.39, 0.29) is 18.3 Å². The first-order chi connectivity index (χ1) is 10.6. The van der Waals surface area contributed by atoms with Gasteiger partial charge in [-0.15, -0.1) is 0 Å². The molecule has 0 aliphatic carbocycles. The van der Waals surface area contributed by atoms with Gasteiger partial charge in [0.15, 0.2) is 0 Å². The third kappa shape index (κ3) is 3.85. The Morgan fingerprint density at radius 3 is 2.77 bits per heavy atom. The number of carbonyl (C=O) groups excluding carboxylic acids is 1. The van der Waals surface area contributed by atoms with Gasteiger partial charge < -0.3 is 15.8 Å². The quantitative estimate of drug-likeness (QED) is 0.637. The Hall–Kier alpha value is -2.82. The zero-order chi connectivity index (χ0) is 15.9. The van der Waals surface area contributed by atoms with Crippen molar-refractivity contribution in [3.63, 3.8) is 0 Å². The lowest BCUT2D eigenvalue weighted by Gasteiger charge is -2.10. The largest absolute Gasteiger partial charge is 0.487 e. The average molecular weight is 300 g/mol. The van der Waals surface area contributed by atoms with E-state index < -0.39 is 0 Å². The van der Waals surface area contributed by atoms with Crippen molar-refractivity contribution in [1.29, 1.82) is 0 Å². The Labute approximate surface area is 128 Å². The van der Waals surface area contributed by atoms with Crippen LogP contribution in [-0.4, -0.2) is 12.5 Å². The minimum atomic E-state index is -0.351. The molecule has 0 heterocycles. The van der Waals surface area contributed by atoms with E-state index in [0.29, 0.717) is 29.2 Å². The number of halogens is 1. The van der Waals surface area contributed by atoms with Crippen LogP contribution in [0.1, 0.15) is 15.9 Å². The number of amides is 1. The standard InChI is InChI=1S/C17H17FN2O2/c1-2-9-22-16-8-7-12(10-15(16)19)17(21)20-11-13-5-3-4-6-14(13)18/h2-8,10H,1,9,11,19H2,(H,20,21). The molecular weight excluding hydrogens is 283 g/mol. The molecule has 4 nitrogen and oxygen atoms in total. The lowest BCUT2D eigenvalue weighted by Crippen LogP contribution is -2.23. The first kappa shape index (κ1) is 15.6. The number of rotatable bonds is 6. The van der Waals surface area contributed by atoms with E-state index in [1.54, 1.807) is 36.4 Å². The van der Waals surface area contributed by atoms with Crippen molar-refractivity contribution < 1.29 is 13.9 Å². The second-order valence-corrected chi connectivity index (χ2v) is 4.63. The van der Waals surface area contributed by atoms with Crippen LogP contribution in [0, 0.1) is 5.82 Å². The van der Waals surface area contributed by atoms with E-state index in [1.165, 1.54) is 12.1 Å². The normalized spacial score (nSPS) is 10.0. The van der Waals surface area contributed by atoms with Crippen molar-refractivity contribution >= 4 is 11.6 Å². The molecule has 0 aromatic heterocycles. The summed E-state index contributed by atoms with van der Waals surface area (Å²) < 4.78 is 18.8. The maximum atomic E-state index is 13.5. The maximum absolute atomic E-state index is 13.5. The van der Waals surface area contributed by atoms with Gasteiger partial charge >= 0.3 is 0 Å². The van der Waals surface area contributed by atoms with Gasteiger partial charge in [-0.25, -0.2) is 4.39 Å². The van der Waals surface area contributed by atoms with Crippen LogP contribution in [0.4, 0.5) is 10.1 Å². The average Bonchev–Trinajstić information content (AvgIpc) is 2.52. The number of hydrogen-bond donors (Lipinski definition) is 2. The zero-order valence-electron chi connectivity index (χ0n) is 12.0. The van der Waals surface area contributed by atoms with Gasteiger partial charge in [0.1, 0.15) is 18.2 Å². The smallest absolute Gasteiger partial charge is 0.251 e. The SMILES string of the molecule is C=CCOc1ccc(C(=O)NCc2ccccc2F)cc1N. The lowest BCUT2D eigenvalue weighted by atomic mass is 10.1. The fourth-order valence-corrected chi connectivity index (χ4v) is 1.89. The fourth-order valence-electron chi connectivity index (χ4n) is 1.89. The lowest BCUT2D eigenvalue weighted by molar-refractivity contribution is 0.0950. The first-order valence-electron chi connectivity index (χ1n) is 6.76. The van der Waals surface area contributed by atoms with Crippen LogP contribution >= 0.6 is 0 Å². The second-order valence-electron chi connectivity index (χ2n) is 4.63. The van der Waals surface area contributed by atoms with Crippen LogP contribution in [0.15, 0.2) is 55.1 Å². The van der Waals surface area contributed by atoms with Crippen LogP contribution in [0.5, 0.6) is 5.75 Å². The Kier molecular flexibility index (Phi) is 5.14. The van der Waals surface area contributed by atoms with Gasteiger partial charge in [0, 0.05) is 17.7 Å². The summed E-state index contributed by atoms with van der Waals surface area (Å²) in [5.41, 5.74) is 7.01. The highest BCUT2D eigenvalue weighted by Crippen LogP contribution is 2.22. The molecule has 0 aliphatic heterocycles. The highest BCUT2D eigenvalue weighted by molar-refractivity contribution is 5.95. The molecule has 0 bridgehead atoms. The molecular formula is C17H17FN2O2. The fraction of sp³-hybridized carbons (Fsp3) is 0.118. The van der Waals surface area contributed by atoms with E-state index in [1.807, 2.05) is 0 Å². The van der Waals surface area contributed by atoms with Gasteiger partial charge in [0.2, 0.25) is 0 Å². The summed E-state index contributed by atoms with van der Waals surface area (Å²) in [7, 11) is 0. The molecule has 5 heteroatoms. The highest BCUT2D eigenvalue weighted by atomic mass is 19.1. The Bertz CT molecular complexity index is 686. The molecule has 2 aromatic rings. The molecule has 0 atom stereocenters. The molecule has 0 unspecified atom stereocenters. The van der Waals surface area contributed by atoms with Gasteiger partial charge in [-0.05, 0) is 24.3 Å². The van der Waals surface area contributed by atoms with E-state index in [9.17, 15) is 9.18 Å². The Morgan fingerprint density at radius 1 is 1.32 bits per heavy atom. The Balaban J connectivity index is 2.02. The molecule has 3 N–H and O–H groups in total. The molecule has 114 valence electrons. The number of benzene rings is 2. The molecule has 0 spiro atoms. The summed E-state index contributed by atoms with van der Waals surface area (Å²) in [4.78, 5) is 12.1. The third-order valence-electron chi connectivity index (χ3n) is 3.03. The van der Waals surface area contributed by atoms with Crippen LogP contribution < -0.4 is 15.8 Å².